The van der Waals surface area contributed by atoms with E-state index in [1.807, 2.05) is 19.9 Å². The number of hydrogen-bond acceptors (Lipinski definition) is 2. The molecule has 1 atom stereocenters. The van der Waals surface area contributed by atoms with Gasteiger partial charge in [0.05, 0.1) is 11.5 Å². The van der Waals surface area contributed by atoms with Crippen molar-refractivity contribution < 1.29 is 0 Å². The first-order valence-electron chi connectivity index (χ1n) is 6.85. The van der Waals surface area contributed by atoms with Gasteiger partial charge < -0.3 is 5.32 Å². The van der Waals surface area contributed by atoms with Crippen molar-refractivity contribution in [1.29, 1.82) is 5.26 Å². The predicted molar refractivity (Wildman–Crippen MR) is 83.8 cm³/mol. The van der Waals surface area contributed by atoms with Gasteiger partial charge >= 0.3 is 0 Å². The van der Waals surface area contributed by atoms with Crippen molar-refractivity contribution in [2.24, 2.45) is 5.41 Å². The zero-order valence-corrected chi connectivity index (χ0v) is 13.6. The third-order valence-electron chi connectivity index (χ3n) is 3.33. The Labute approximate surface area is 125 Å². The van der Waals surface area contributed by atoms with Gasteiger partial charge in [0.1, 0.15) is 0 Å². The topological polar surface area (TPSA) is 35.8 Å². The molecule has 0 radical (unpaired) electrons. The van der Waals surface area contributed by atoms with Gasteiger partial charge in [0.25, 0.3) is 0 Å². The maximum absolute atomic E-state index is 8.94. The first kappa shape index (κ1) is 16.2. The summed E-state index contributed by atoms with van der Waals surface area (Å²) in [5.74, 6) is 0. The molecule has 0 saturated carbocycles. The van der Waals surface area contributed by atoms with Crippen LogP contribution in [-0.4, -0.2) is 6.54 Å². The van der Waals surface area contributed by atoms with Crippen LogP contribution in [0.1, 0.15) is 51.6 Å². The summed E-state index contributed by atoms with van der Waals surface area (Å²) in [5.41, 5.74) is 1.11. The Kier molecular flexibility index (Phi) is 6.54. The molecule has 0 fully saturated rings. The average molecular weight is 323 g/mol. The van der Waals surface area contributed by atoms with E-state index < -0.39 is 0 Å². The summed E-state index contributed by atoms with van der Waals surface area (Å²) < 4.78 is 1.12. The van der Waals surface area contributed by atoms with Crippen LogP contribution in [0.4, 0.5) is 0 Å². The molecular weight excluding hydrogens is 300 g/mol. The second kappa shape index (κ2) is 7.67. The minimum Gasteiger partial charge on any atom is -0.310 e. The molecule has 0 saturated heterocycles. The maximum Gasteiger partial charge on any atom is 0.0683 e. The Morgan fingerprint density at radius 2 is 2.11 bits per heavy atom. The molecule has 0 heterocycles. The Balaban J connectivity index is 2.25. The zero-order valence-electron chi connectivity index (χ0n) is 12.0. The minimum atomic E-state index is -0.185. The van der Waals surface area contributed by atoms with E-state index in [9.17, 15) is 0 Å². The van der Waals surface area contributed by atoms with E-state index in [0.717, 1.165) is 30.3 Å². The van der Waals surface area contributed by atoms with E-state index in [-0.39, 0.29) is 5.41 Å². The number of rotatable bonds is 7. The molecule has 1 rings (SSSR count). The number of halogens is 1. The van der Waals surface area contributed by atoms with Crippen LogP contribution in [-0.2, 0) is 0 Å². The molecule has 0 bridgehead atoms. The SMILES string of the molecule is CC(NCCCCC(C)(C)C#N)c1cccc(Br)c1. The number of nitriles is 1. The fourth-order valence-electron chi connectivity index (χ4n) is 1.96. The van der Waals surface area contributed by atoms with Gasteiger partial charge in [-0.2, -0.15) is 5.26 Å². The third-order valence-corrected chi connectivity index (χ3v) is 3.82. The Hall–Kier alpha value is -0.850. The number of nitrogens with one attached hydrogen (secondary N) is 1. The van der Waals surface area contributed by atoms with Gasteiger partial charge in [-0.05, 0) is 57.9 Å². The van der Waals surface area contributed by atoms with Crippen LogP contribution < -0.4 is 5.32 Å². The fraction of sp³-hybridized carbons (Fsp3) is 0.562. The molecule has 1 aromatic carbocycles. The molecule has 104 valence electrons. The average Bonchev–Trinajstić information content (AvgIpc) is 2.38. The highest BCUT2D eigenvalue weighted by Gasteiger charge is 2.15. The molecule has 1 aromatic rings. The highest BCUT2D eigenvalue weighted by atomic mass is 79.9. The van der Waals surface area contributed by atoms with E-state index in [4.69, 9.17) is 5.26 Å². The van der Waals surface area contributed by atoms with Crippen molar-refractivity contribution in [3.05, 3.63) is 34.3 Å². The quantitative estimate of drug-likeness (QED) is 0.730. The summed E-state index contributed by atoms with van der Waals surface area (Å²) >= 11 is 3.49. The van der Waals surface area contributed by atoms with Gasteiger partial charge in [0.2, 0.25) is 0 Å². The van der Waals surface area contributed by atoms with Gasteiger partial charge in [0.15, 0.2) is 0 Å². The highest BCUT2D eigenvalue weighted by Crippen LogP contribution is 2.22. The van der Waals surface area contributed by atoms with E-state index in [1.54, 1.807) is 0 Å². The second-order valence-electron chi connectivity index (χ2n) is 5.68. The van der Waals surface area contributed by atoms with Crippen molar-refractivity contribution >= 4 is 15.9 Å². The lowest BCUT2D eigenvalue weighted by Crippen LogP contribution is -2.20. The summed E-state index contributed by atoms with van der Waals surface area (Å²) in [6, 6.07) is 11.1. The van der Waals surface area contributed by atoms with Crippen molar-refractivity contribution in [3.63, 3.8) is 0 Å². The van der Waals surface area contributed by atoms with E-state index in [2.05, 4.69) is 52.4 Å². The first-order chi connectivity index (χ1) is 8.94. The van der Waals surface area contributed by atoms with Crippen molar-refractivity contribution in [1.82, 2.24) is 5.32 Å². The van der Waals surface area contributed by atoms with E-state index >= 15 is 0 Å². The summed E-state index contributed by atoms with van der Waals surface area (Å²) in [6.45, 7) is 7.19. The van der Waals surface area contributed by atoms with Gasteiger partial charge in [0, 0.05) is 10.5 Å². The van der Waals surface area contributed by atoms with Crippen molar-refractivity contribution in [3.8, 4) is 6.07 Å². The van der Waals surface area contributed by atoms with Crippen molar-refractivity contribution in [2.75, 3.05) is 6.54 Å². The number of hydrogen-bond donors (Lipinski definition) is 1. The fourth-order valence-corrected chi connectivity index (χ4v) is 2.38. The molecule has 0 amide bonds. The Morgan fingerprint density at radius 3 is 2.74 bits per heavy atom. The summed E-state index contributed by atoms with van der Waals surface area (Å²) in [4.78, 5) is 0. The van der Waals surface area contributed by atoms with Crippen LogP contribution in [0.25, 0.3) is 0 Å². The van der Waals surface area contributed by atoms with Crippen LogP contribution in [0.2, 0.25) is 0 Å². The summed E-state index contributed by atoms with van der Waals surface area (Å²) in [6.07, 6.45) is 3.18. The summed E-state index contributed by atoms with van der Waals surface area (Å²) in [7, 11) is 0. The highest BCUT2D eigenvalue weighted by molar-refractivity contribution is 9.10. The number of nitrogens with zero attached hydrogens (tertiary/aromatic N) is 1. The molecule has 3 heteroatoms. The molecule has 1 N–H and O–H groups in total. The molecule has 1 unspecified atom stereocenters. The first-order valence-corrected chi connectivity index (χ1v) is 7.64. The number of benzene rings is 1. The van der Waals surface area contributed by atoms with Gasteiger partial charge in [-0.3, -0.25) is 0 Å². The number of unbranched alkanes of at least 4 members (excludes halogenated alkanes) is 1. The van der Waals surface area contributed by atoms with Gasteiger partial charge in [-0.1, -0.05) is 34.5 Å². The zero-order chi connectivity index (χ0) is 14.3. The molecule has 19 heavy (non-hydrogen) atoms. The lowest BCUT2D eigenvalue weighted by Gasteiger charge is -2.17. The predicted octanol–water partition coefficient (Wildman–Crippen LogP) is 4.82. The molecule has 0 spiro atoms. The van der Waals surface area contributed by atoms with E-state index in [1.165, 1.54) is 5.56 Å². The summed E-state index contributed by atoms with van der Waals surface area (Å²) in [5, 5.41) is 12.5. The monoisotopic (exact) mass is 322 g/mol. The molecular formula is C16H23BrN2. The molecule has 0 aliphatic carbocycles. The van der Waals surface area contributed by atoms with Crippen LogP contribution in [0, 0.1) is 16.7 Å². The van der Waals surface area contributed by atoms with Crippen LogP contribution in [0.3, 0.4) is 0 Å². The van der Waals surface area contributed by atoms with Crippen molar-refractivity contribution in [2.45, 2.75) is 46.1 Å². The van der Waals surface area contributed by atoms with Crippen LogP contribution >= 0.6 is 15.9 Å². The largest absolute Gasteiger partial charge is 0.310 e. The second-order valence-corrected chi connectivity index (χ2v) is 6.60. The molecule has 0 aromatic heterocycles. The molecule has 0 aliphatic heterocycles. The van der Waals surface area contributed by atoms with Gasteiger partial charge in [-0.15, -0.1) is 0 Å². The van der Waals surface area contributed by atoms with E-state index in [0.29, 0.717) is 6.04 Å². The molecule has 2 nitrogen and oxygen atoms in total. The minimum absolute atomic E-state index is 0.185. The smallest absolute Gasteiger partial charge is 0.0683 e. The van der Waals surface area contributed by atoms with Crippen LogP contribution in [0.5, 0.6) is 0 Å². The third kappa shape index (κ3) is 6.22. The lowest BCUT2D eigenvalue weighted by molar-refractivity contribution is 0.418. The normalized spacial score (nSPS) is 13.0. The Bertz CT molecular complexity index is 435. The maximum atomic E-state index is 8.94. The Morgan fingerprint density at radius 1 is 1.37 bits per heavy atom. The van der Waals surface area contributed by atoms with Crippen LogP contribution in [0.15, 0.2) is 28.7 Å². The molecule has 0 aliphatic rings. The standard InChI is InChI=1S/C16H23BrN2/c1-13(14-7-6-8-15(17)11-14)19-10-5-4-9-16(2,3)12-18/h6-8,11,13,19H,4-5,9-10H2,1-3H3. The van der Waals surface area contributed by atoms with Gasteiger partial charge in [-0.25, -0.2) is 0 Å². The lowest BCUT2D eigenvalue weighted by atomic mass is 9.89.